The predicted octanol–water partition coefficient (Wildman–Crippen LogP) is 3.67. The molecule has 28 heavy (non-hydrogen) atoms. The molecule has 7 nitrogen and oxygen atoms in total. The Hall–Kier alpha value is -2.88. The maximum atomic E-state index is 12.4. The van der Waals surface area contributed by atoms with Gasteiger partial charge in [-0.25, -0.2) is 13.8 Å². The molecule has 0 aliphatic rings. The van der Waals surface area contributed by atoms with Crippen LogP contribution in [-0.4, -0.2) is 25.6 Å². The summed E-state index contributed by atoms with van der Waals surface area (Å²) in [4.78, 5) is 12.4. The molecule has 2 aromatic carbocycles. The normalized spacial score (nSPS) is 11.5. The van der Waals surface area contributed by atoms with Crippen molar-refractivity contribution in [3.05, 3.63) is 76.1 Å². The Kier molecular flexibility index (Phi) is 5.98. The van der Waals surface area contributed by atoms with Crippen molar-refractivity contribution < 1.29 is 18.3 Å². The minimum atomic E-state index is -3.80. The second-order valence-electron chi connectivity index (χ2n) is 5.49. The van der Waals surface area contributed by atoms with Gasteiger partial charge in [-0.3, -0.25) is 9.52 Å². The zero-order valence-electron chi connectivity index (χ0n) is 14.2. The standard InChI is InChI=1S/C18H14ClN3O4S2/c19-13-7-8-16(23)12(10-13)11-20-21-18(24)14-4-1-2-5-15(14)22-28(25,26)17-6-3-9-27-17/h1-11,22-23H,(H,21,24)/b20-11+. The highest BCUT2D eigenvalue weighted by Gasteiger charge is 2.19. The van der Waals surface area contributed by atoms with Gasteiger partial charge in [0.15, 0.2) is 0 Å². The molecule has 0 unspecified atom stereocenters. The van der Waals surface area contributed by atoms with Gasteiger partial charge < -0.3 is 5.11 Å². The lowest BCUT2D eigenvalue weighted by Gasteiger charge is -2.10. The third-order valence-electron chi connectivity index (χ3n) is 3.54. The lowest BCUT2D eigenvalue weighted by Crippen LogP contribution is -2.21. The van der Waals surface area contributed by atoms with Crippen LogP contribution in [0.1, 0.15) is 15.9 Å². The number of amides is 1. The number of carbonyl (C=O) groups is 1. The molecule has 0 bridgehead atoms. The summed E-state index contributed by atoms with van der Waals surface area (Å²) < 4.78 is 27.4. The second kappa shape index (κ2) is 8.42. The number of hydrazone groups is 1. The smallest absolute Gasteiger partial charge is 0.273 e. The number of hydrogen-bond donors (Lipinski definition) is 3. The summed E-state index contributed by atoms with van der Waals surface area (Å²) in [6.07, 6.45) is 1.23. The Morgan fingerprint density at radius 2 is 1.93 bits per heavy atom. The number of sulfonamides is 1. The minimum Gasteiger partial charge on any atom is -0.507 e. The van der Waals surface area contributed by atoms with Crippen molar-refractivity contribution in [1.82, 2.24) is 5.43 Å². The van der Waals surface area contributed by atoms with E-state index in [1.807, 2.05) is 0 Å². The molecular formula is C18H14ClN3O4S2. The highest BCUT2D eigenvalue weighted by molar-refractivity contribution is 7.94. The molecule has 1 amide bonds. The summed E-state index contributed by atoms with van der Waals surface area (Å²) in [6, 6.07) is 13.6. The third kappa shape index (κ3) is 4.69. The number of halogens is 1. The molecule has 0 radical (unpaired) electrons. The van der Waals surface area contributed by atoms with Crippen LogP contribution < -0.4 is 10.1 Å². The summed E-state index contributed by atoms with van der Waals surface area (Å²) in [7, 11) is -3.80. The first-order valence-electron chi connectivity index (χ1n) is 7.84. The van der Waals surface area contributed by atoms with Crippen LogP contribution in [0, 0.1) is 0 Å². The van der Waals surface area contributed by atoms with Crippen molar-refractivity contribution in [2.75, 3.05) is 4.72 Å². The van der Waals surface area contributed by atoms with E-state index in [9.17, 15) is 18.3 Å². The zero-order chi connectivity index (χ0) is 20.1. The fourth-order valence-corrected chi connectivity index (χ4v) is 4.48. The molecule has 3 aromatic rings. The van der Waals surface area contributed by atoms with Gasteiger partial charge >= 0.3 is 0 Å². The Labute approximate surface area is 170 Å². The van der Waals surface area contributed by atoms with Gasteiger partial charge in [-0.1, -0.05) is 29.8 Å². The van der Waals surface area contributed by atoms with Crippen LogP contribution in [0.3, 0.4) is 0 Å². The molecule has 0 saturated carbocycles. The summed E-state index contributed by atoms with van der Waals surface area (Å²) in [5.41, 5.74) is 2.83. The lowest BCUT2D eigenvalue weighted by molar-refractivity contribution is 0.0956. The van der Waals surface area contributed by atoms with E-state index < -0.39 is 15.9 Å². The number of anilines is 1. The van der Waals surface area contributed by atoms with E-state index in [1.165, 1.54) is 42.6 Å². The number of aromatic hydroxyl groups is 1. The van der Waals surface area contributed by atoms with E-state index in [0.29, 0.717) is 10.6 Å². The Bertz CT molecular complexity index is 1130. The largest absolute Gasteiger partial charge is 0.507 e. The average molecular weight is 436 g/mol. The molecule has 3 N–H and O–H groups in total. The molecule has 0 aliphatic carbocycles. The van der Waals surface area contributed by atoms with Gasteiger partial charge in [0.1, 0.15) is 9.96 Å². The molecule has 144 valence electrons. The second-order valence-corrected chi connectivity index (χ2v) is 8.78. The first-order chi connectivity index (χ1) is 13.4. The molecule has 3 rings (SSSR count). The Balaban J connectivity index is 1.78. The molecule has 10 heteroatoms. The van der Waals surface area contributed by atoms with Gasteiger partial charge in [-0.15, -0.1) is 11.3 Å². The number of nitrogens with zero attached hydrogens (tertiary/aromatic N) is 1. The molecular weight excluding hydrogens is 422 g/mol. The fraction of sp³-hybridized carbons (Fsp3) is 0. The van der Waals surface area contributed by atoms with Crippen LogP contribution >= 0.6 is 22.9 Å². The Morgan fingerprint density at radius 3 is 2.68 bits per heavy atom. The van der Waals surface area contributed by atoms with Crippen molar-refractivity contribution in [2.24, 2.45) is 5.10 Å². The molecule has 1 heterocycles. The number of phenolic OH excluding ortho intramolecular Hbond substituents is 1. The average Bonchev–Trinajstić information content (AvgIpc) is 3.20. The van der Waals surface area contributed by atoms with Crippen LogP contribution in [0.4, 0.5) is 5.69 Å². The van der Waals surface area contributed by atoms with Crippen LogP contribution in [0.15, 0.2) is 69.3 Å². The van der Waals surface area contributed by atoms with E-state index in [1.54, 1.807) is 23.6 Å². The van der Waals surface area contributed by atoms with Gasteiger partial charge in [-0.2, -0.15) is 5.10 Å². The van der Waals surface area contributed by atoms with Crippen molar-refractivity contribution in [3.63, 3.8) is 0 Å². The number of thiophene rings is 1. The third-order valence-corrected chi connectivity index (χ3v) is 6.53. The van der Waals surface area contributed by atoms with Gasteiger partial charge in [0, 0.05) is 10.6 Å². The maximum absolute atomic E-state index is 12.4. The first-order valence-corrected chi connectivity index (χ1v) is 10.6. The van der Waals surface area contributed by atoms with Gasteiger partial charge in [0.05, 0.1) is 17.5 Å². The SMILES string of the molecule is O=C(N/N=C/c1cc(Cl)ccc1O)c1ccccc1NS(=O)(=O)c1cccs1. The van der Waals surface area contributed by atoms with Crippen LogP contribution in [0.5, 0.6) is 5.75 Å². The molecule has 0 saturated heterocycles. The summed E-state index contributed by atoms with van der Waals surface area (Å²) in [6.45, 7) is 0. The molecule has 0 aliphatic heterocycles. The van der Waals surface area contributed by atoms with E-state index in [-0.39, 0.29) is 21.2 Å². The van der Waals surface area contributed by atoms with E-state index in [0.717, 1.165) is 11.3 Å². The summed E-state index contributed by atoms with van der Waals surface area (Å²) in [5, 5.41) is 15.6. The summed E-state index contributed by atoms with van der Waals surface area (Å²) >= 11 is 6.92. The highest BCUT2D eigenvalue weighted by Crippen LogP contribution is 2.23. The van der Waals surface area contributed by atoms with E-state index in [4.69, 9.17) is 11.6 Å². The topological polar surface area (TPSA) is 108 Å². The predicted molar refractivity (Wildman–Crippen MR) is 110 cm³/mol. The number of phenols is 1. The Morgan fingerprint density at radius 1 is 1.14 bits per heavy atom. The first kappa shape index (κ1) is 19.9. The maximum Gasteiger partial charge on any atom is 0.273 e. The lowest BCUT2D eigenvalue weighted by atomic mass is 10.2. The summed E-state index contributed by atoms with van der Waals surface area (Å²) in [5.74, 6) is -0.672. The fourth-order valence-electron chi connectivity index (χ4n) is 2.23. The minimum absolute atomic E-state index is 0.0495. The zero-order valence-corrected chi connectivity index (χ0v) is 16.6. The molecule has 1 aromatic heterocycles. The molecule has 0 fully saturated rings. The van der Waals surface area contributed by atoms with Gasteiger partial charge in [-0.05, 0) is 41.8 Å². The van der Waals surface area contributed by atoms with Crippen LogP contribution in [-0.2, 0) is 10.0 Å². The quantitative estimate of drug-likeness (QED) is 0.405. The monoisotopic (exact) mass is 435 g/mol. The number of hydrogen-bond acceptors (Lipinski definition) is 6. The number of rotatable bonds is 6. The molecule has 0 spiro atoms. The number of benzene rings is 2. The highest BCUT2D eigenvalue weighted by atomic mass is 35.5. The van der Waals surface area contributed by atoms with Crippen LogP contribution in [0.2, 0.25) is 5.02 Å². The number of nitrogens with one attached hydrogen (secondary N) is 2. The number of para-hydroxylation sites is 1. The van der Waals surface area contributed by atoms with E-state index >= 15 is 0 Å². The molecule has 0 atom stereocenters. The van der Waals surface area contributed by atoms with Crippen molar-refractivity contribution in [1.29, 1.82) is 0 Å². The van der Waals surface area contributed by atoms with Crippen molar-refractivity contribution in [2.45, 2.75) is 4.21 Å². The van der Waals surface area contributed by atoms with E-state index in [2.05, 4.69) is 15.2 Å². The number of carbonyl (C=O) groups excluding carboxylic acids is 1. The van der Waals surface area contributed by atoms with Gasteiger partial charge in [0.2, 0.25) is 0 Å². The van der Waals surface area contributed by atoms with Crippen molar-refractivity contribution in [3.8, 4) is 5.75 Å². The van der Waals surface area contributed by atoms with Gasteiger partial charge in [0.25, 0.3) is 15.9 Å². The van der Waals surface area contributed by atoms with Crippen molar-refractivity contribution >= 4 is 50.8 Å². The van der Waals surface area contributed by atoms with Crippen LogP contribution in [0.25, 0.3) is 0 Å².